The fourth-order valence-corrected chi connectivity index (χ4v) is 15.1. The predicted molar refractivity (Wildman–Crippen MR) is 414 cm³/mol. The molecule has 47 heteroatoms. The van der Waals surface area contributed by atoms with Crippen molar-refractivity contribution in [3.8, 4) is 61.7 Å². The minimum absolute atomic E-state index is 0.0162. The van der Waals surface area contributed by atoms with E-state index in [1.54, 1.807) is 0 Å². The predicted octanol–water partition coefficient (Wildman–Crippen LogP) is -1.09. The van der Waals surface area contributed by atoms with Crippen LogP contribution in [0, 0.1) is 79.1 Å². The summed E-state index contributed by atoms with van der Waals surface area (Å²) in [6.45, 7) is 8.80. The summed E-state index contributed by atoms with van der Waals surface area (Å²) in [5.74, 6) is 11.0. The molecule has 22 N–H and O–H groups in total. The second-order valence-corrected chi connectivity index (χ2v) is 30.6. The van der Waals surface area contributed by atoms with Crippen molar-refractivity contribution >= 4 is 150 Å². The van der Waals surface area contributed by atoms with Gasteiger partial charge in [-0.2, -0.15) is 15.0 Å². The van der Waals surface area contributed by atoms with Crippen LogP contribution in [0.25, 0.3) is 55.6 Å². The number of rotatable bonds is 10. The minimum atomic E-state index is -1.77. The van der Waals surface area contributed by atoms with Gasteiger partial charge in [-0.3, -0.25) is 42.6 Å². The van der Waals surface area contributed by atoms with Crippen LogP contribution in [-0.4, -0.2) is 255 Å². The zero-order chi connectivity index (χ0) is 84.7. The van der Waals surface area contributed by atoms with Crippen LogP contribution < -0.4 is 39.6 Å². The van der Waals surface area contributed by atoms with Crippen molar-refractivity contribution in [2.24, 2.45) is 0 Å². The number of alkyl halides is 5. The maximum absolute atomic E-state index is 14.2. The highest BCUT2D eigenvalue weighted by Gasteiger charge is 2.62. The summed E-state index contributed by atoms with van der Waals surface area (Å²) in [7, 11) is 0. The molecule has 5 aliphatic heterocycles. The second kappa shape index (κ2) is 32.4. The van der Waals surface area contributed by atoms with Gasteiger partial charge in [-0.15, -0.1) is 32.1 Å². The number of aromatic amines is 4. The number of aliphatic hydroxyl groups excluding tert-OH is 10. The topological polar surface area (TPSA) is 608 Å². The van der Waals surface area contributed by atoms with Gasteiger partial charge < -0.3 is 112 Å². The van der Waals surface area contributed by atoms with Crippen LogP contribution in [-0.2, 0) is 23.7 Å². The molecule has 610 valence electrons. The fourth-order valence-electron chi connectivity index (χ4n) is 13.5. The standard InChI is InChI=1S/C15H15ClFN3O4.C14H15ClN4O4.C13H14ClN5O4.C13H14ClN5O3S.C13H14ClN5O3/c1-4-15(16)11(22)10(6(2)21)24-14(15)20-5-8(17)9-12(20)18-7(3)19-13(9)23;1-3-14(15)9(21)8(6(2)20)23-12(14)19-5-4-7-10(19)17-13(16)18-11(7)22;1-3-13(14)8(21)7(5(2)20)23-11(13)19-4-16-6-9(19)17-12(15)18-10(6)22;1-3-13(14)8(21)7(5(2)20)22-11(13)19-4-16-6-9(19)17-12(15)18-10(6)23;1-3-13(14)9(21)8(6(2)20)22-11(13)19-5-17-7-4-16-12(15)18-10(7)19/h1,5-6,10-11,14,21-22H,2-3H3,(H,18,19,23);1,4-6,8-9,12,20-21H,2H3,(H3,16,17,18,22);1,4-5,7-8,11,20-21H,2H3,(H3,15,17,18,22);1,4-5,7-8,11,20-21H,2H3,(H3,15,17,18,23);1,4-6,8-9,11,20-21H,2H3,(H2,15,16,18)/t6-,10-,11+,14-,15?;6-,8-,9+,12-,14?;2*5-,7-,8+,11-,13?;6-,8-,9+,11-,13?/m11111/s1. The largest absolute Gasteiger partial charge is 0.391 e. The number of anilines is 4. The number of imidazole rings is 3. The lowest BCUT2D eigenvalue weighted by molar-refractivity contribution is -0.0752. The smallest absolute Gasteiger partial charge is 0.280 e. The summed E-state index contributed by atoms with van der Waals surface area (Å²) in [6.07, 6.45) is 13.6. The summed E-state index contributed by atoms with van der Waals surface area (Å²) >= 11 is 37.0. The molecule has 0 amide bonds. The molecular weight excluding hydrogens is 1640 g/mol. The third kappa shape index (κ3) is 14.9. The number of hydrogen-bond acceptors (Lipinski definition) is 32. The van der Waals surface area contributed by atoms with Gasteiger partial charge in [-0.25, -0.2) is 34.3 Å². The molecule has 0 spiro atoms. The summed E-state index contributed by atoms with van der Waals surface area (Å²) in [5, 5.41) is 100. The van der Waals surface area contributed by atoms with E-state index in [4.69, 9.17) is 149 Å². The number of fused-ring (bicyclic) bond motifs is 5. The van der Waals surface area contributed by atoms with Crippen LogP contribution >= 0.6 is 70.2 Å². The lowest BCUT2D eigenvalue weighted by Gasteiger charge is -2.25. The lowest BCUT2D eigenvalue weighted by Crippen LogP contribution is -2.43. The highest BCUT2D eigenvalue weighted by Crippen LogP contribution is 2.50. The average Bonchev–Trinajstić information content (AvgIpc) is 1.62. The molecule has 0 aromatic carbocycles. The van der Waals surface area contributed by atoms with E-state index in [1.165, 1.54) is 102 Å². The summed E-state index contributed by atoms with van der Waals surface area (Å²) in [6, 6.07) is 1.51. The molecule has 10 aromatic heterocycles. The first kappa shape index (κ1) is 86.2. The van der Waals surface area contributed by atoms with Crippen LogP contribution in [0.2, 0.25) is 0 Å². The fraction of sp³-hybridized carbons (Fsp3) is 0.456. The van der Waals surface area contributed by atoms with Gasteiger partial charge in [-0.05, 0) is 47.6 Å². The summed E-state index contributed by atoms with van der Waals surface area (Å²) in [5.41, 5.74) is 22.8. The number of aryl methyl sites for hydroxylation is 1. The molecule has 40 nitrogen and oxygen atoms in total. The van der Waals surface area contributed by atoms with Crippen LogP contribution in [0.3, 0.4) is 0 Å². The third-order valence-corrected chi connectivity index (χ3v) is 22.2. The van der Waals surface area contributed by atoms with Crippen molar-refractivity contribution in [2.75, 3.05) is 22.9 Å². The Balaban J connectivity index is 0.000000142. The number of nitrogen functional groups attached to an aromatic ring is 4. The lowest BCUT2D eigenvalue weighted by atomic mass is 9.97. The Hall–Kier alpha value is -9.71. The molecule has 5 saturated heterocycles. The van der Waals surface area contributed by atoms with E-state index in [-0.39, 0.29) is 67.5 Å². The zero-order valence-electron chi connectivity index (χ0n) is 60.5. The summed E-state index contributed by atoms with van der Waals surface area (Å²) < 4.78 is 49.6. The van der Waals surface area contributed by atoms with E-state index in [9.17, 15) is 69.8 Å². The molecule has 5 aliphatic rings. The highest BCUT2D eigenvalue weighted by atomic mass is 35.5. The van der Waals surface area contributed by atoms with Crippen molar-refractivity contribution in [1.82, 2.24) is 87.6 Å². The molecule has 25 atom stereocenters. The van der Waals surface area contributed by atoms with Crippen molar-refractivity contribution < 1.29 is 79.1 Å². The number of nitrogens with zero attached hydrogens (tertiary/aromatic N) is 14. The van der Waals surface area contributed by atoms with Crippen LogP contribution in [0.15, 0.2) is 58.0 Å². The Morgan fingerprint density at radius 1 is 0.487 bits per heavy atom. The van der Waals surface area contributed by atoms with Gasteiger partial charge >= 0.3 is 0 Å². The first-order valence-corrected chi connectivity index (χ1v) is 36.2. The van der Waals surface area contributed by atoms with Crippen molar-refractivity contribution in [3.63, 3.8) is 0 Å². The monoisotopic (exact) mass is 1710 g/mol. The normalized spacial score (nSPS) is 32.1. The molecular formula is C68H72Cl5FN22O18S. The van der Waals surface area contributed by atoms with Gasteiger partial charge in [0.1, 0.15) is 88.9 Å². The Kier molecular flexibility index (Phi) is 24.3. The Bertz CT molecular complexity index is 5530. The van der Waals surface area contributed by atoms with E-state index in [1.807, 2.05) is 0 Å². The number of ether oxygens (including phenoxy) is 5. The molecule has 115 heavy (non-hydrogen) atoms. The molecule has 5 unspecified atom stereocenters. The van der Waals surface area contributed by atoms with Gasteiger partial charge in [0.15, 0.2) is 100 Å². The maximum Gasteiger partial charge on any atom is 0.280 e. The number of halogens is 6. The van der Waals surface area contributed by atoms with Crippen LogP contribution in [0.4, 0.5) is 28.2 Å². The molecule has 0 saturated carbocycles. The molecule has 10 aromatic rings. The number of nitrogens with two attached hydrogens (primary N) is 4. The van der Waals surface area contributed by atoms with E-state index >= 15 is 0 Å². The van der Waals surface area contributed by atoms with E-state index in [0.29, 0.717) is 22.3 Å². The number of aliphatic hydroxyl groups is 10. The maximum atomic E-state index is 14.2. The second-order valence-electron chi connectivity index (χ2n) is 27.0. The number of hydrogen-bond donors (Lipinski definition) is 18. The molecule has 15 heterocycles. The van der Waals surface area contributed by atoms with E-state index in [0.717, 1.165) is 6.20 Å². The van der Waals surface area contributed by atoms with E-state index in [2.05, 4.69) is 94.4 Å². The zero-order valence-corrected chi connectivity index (χ0v) is 65.1. The highest BCUT2D eigenvalue weighted by molar-refractivity contribution is 7.71. The third-order valence-electron chi connectivity index (χ3n) is 19.3. The Morgan fingerprint density at radius 3 is 1.32 bits per heavy atom. The van der Waals surface area contributed by atoms with Gasteiger partial charge in [0.25, 0.3) is 16.7 Å². The number of aromatic nitrogens is 18. The van der Waals surface area contributed by atoms with Gasteiger partial charge in [0, 0.05) is 12.4 Å². The number of terminal acetylenes is 5. The molecule has 0 bridgehead atoms. The quantitative estimate of drug-likeness (QED) is 0.0439. The van der Waals surface area contributed by atoms with E-state index < -0.39 is 170 Å². The van der Waals surface area contributed by atoms with Gasteiger partial charge in [0.2, 0.25) is 17.8 Å². The molecule has 0 radical (unpaired) electrons. The molecule has 15 rings (SSSR count). The van der Waals surface area contributed by atoms with Gasteiger partial charge in [0.05, 0.1) is 61.1 Å². The number of nitrogens with one attached hydrogen (secondary N) is 4. The van der Waals surface area contributed by atoms with Crippen molar-refractivity contribution in [3.05, 3.63) is 91.0 Å². The van der Waals surface area contributed by atoms with Crippen LogP contribution in [0.1, 0.15) is 71.6 Å². The first-order chi connectivity index (χ1) is 54.0. The number of H-pyrrole nitrogens is 4. The van der Waals surface area contributed by atoms with Crippen LogP contribution in [0.5, 0.6) is 0 Å². The Labute approximate surface area is 676 Å². The minimum Gasteiger partial charge on any atom is -0.391 e. The summed E-state index contributed by atoms with van der Waals surface area (Å²) in [4.78, 5) is 73.7. The first-order valence-electron chi connectivity index (χ1n) is 33.9. The van der Waals surface area contributed by atoms with Crippen molar-refractivity contribution in [1.29, 1.82) is 0 Å². The van der Waals surface area contributed by atoms with Gasteiger partial charge in [-0.1, -0.05) is 99.8 Å². The molecule has 5 fully saturated rings. The SMILES string of the molecule is C#CC1(Cl)[C@@H](O)[C@@H]([C@@H](C)O)O[C@H]1n1cc(F)c2c(=O)[nH]c(C)nc21.C#CC1(Cl)[C@@H](O)[C@@H]([C@@H](C)O)O[C@H]1n1ccc2c(=O)[nH]c(N)nc21.C#CC1(Cl)[C@@H](O)[C@@H]([C@@H](C)O)O[C@H]1n1cnc2c(=O)[nH]c(N)nc21.C#CC1(Cl)[C@@H](O)[C@@H]([C@@H](C)O)O[C@H]1n1cnc2c(=S)nc(N)[nH]c21.C#CC1(Cl)[C@@H](O)[C@@H]([C@@H](C)O)O[C@H]1n1cnc2cnc(N)nc21. The Morgan fingerprint density at radius 2 is 0.870 bits per heavy atom. The van der Waals surface area contributed by atoms with Crippen molar-refractivity contribution in [2.45, 2.75) is 189 Å². The molecule has 0 aliphatic carbocycles. The average molecular weight is 1710 g/mol.